The predicted octanol–water partition coefficient (Wildman–Crippen LogP) is 2.22. The van der Waals surface area contributed by atoms with E-state index in [2.05, 4.69) is 9.88 Å². The van der Waals surface area contributed by atoms with Gasteiger partial charge in [-0.25, -0.2) is 9.78 Å². The third-order valence-electron chi connectivity index (χ3n) is 7.00. The Morgan fingerprint density at radius 1 is 0.975 bits per heavy atom. The number of likely N-dealkylation sites (N-methyl/N-ethyl adjacent to an activating group) is 1. The molecule has 0 radical (unpaired) electrons. The molecule has 12 heteroatoms. The van der Waals surface area contributed by atoms with Crippen LogP contribution in [0.2, 0.25) is 0 Å². The molecular weight excluding hydrogens is 514 g/mol. The number of hydrogen-bond acceptors (Lipinski definition) is 8. The number of fused-ring (bicyclic) bond motifs is 1. The summed E-state index contributed by atoms with van der Waals surface area (Å²) >= 11 is 0. The molecule has 0 atom stereocenters. The van der Waals surface area contributed by atoms with Crippen molar-refractivity contribution in [1.82, 2.24) is 28.6 Å². The van der Waals surface area contributed by atoms with Crippen LogP contribution in [0, 0.1) is 10.1 Å². The number of hydrogen-bond donors (Lipinski definition) is 1. The summed E-state index contributed by atoms with van der Waals surface area (Å²) in [6.45, 7) is 6.81. The van der Waals surface area contributed by atoms with E-state index in [9.17, 15) is 24.8 Å². The number of nitro groups is 1. The van der Waals surface area contributed by atoms with Crippen LogP contribution >= 0.6 is 0 Å². The zero-order valence-electron chi connectivity index (χ0n) is 22.9. The Morgan fingerprint density at radius 2 is 1.75 bits per heavy atom. The Hall–Kier alpha value is -4.16. The first-order valence-corrected chi connectivity index (χ1v) is 13.6. The summed E-state index contributed by atoms with van der Waals surface area (Å²) in [6.07, 6.45) is 4.92. The lowest BCUT2D eigenvalue weighted by Gasteiger charge is -2.20. The quantitative estimate of drug-likeness (QED) is 0.186. The van der Waals surface area contributed by atoms with Crippen molar-refractivity contribution in [2.75, 3.05) is 26.2 Å². The van der Waals surface area contributed by atoms with Gasteiger partial charge in [-0.1, -0.05) is 32.0 Å². The van der Waals surface area contributed by atoms with Gasteiger partial charge in [0.05, 0.1) is 11.5 Å². The minimum atomic E-state index is -0.449. The number of aryl methyl sites for hydroxylation is 2. The molecule has 1 N–H and O–H groups in total. The largest absolute Gasteiger partial charge is 0.395 e. The molecule has 0 spiro atoms. The van der Waals surface area contributed by atoms with Gasteiger partial charge in [-0.2, -0.15) is 0 Å². The van der Waals surface area contributed by atoms with Gasteiger partial charge in [0.25, 0.3) is 11.2 Å². The first kappa shape index (κ1) is 28.8. The molecule has 0 fully saturated rings. The lowest BCUT2D eigenvalue weighted by atomic mass is 10.1. The molecule has 0 aliphatic heterocycles. The van der Waals surface area contributed by atoms with E-state index in [1.807, 2.05) is 30.5 Å². The zero-order valence-corrected chi connectivity index (χ0v) is 22.9. The molecule has 40 heavy (non-hydrogen) atoms. The number of pyridine rings is 1. The van der Waals surface area contributed by atoms with Crippen molar-refractivity contribution >= 4 is 16.9 Å². The number of rotatable bonds is 14. The molecule has 1 aromatic carbocycles. The molecule has 4 rings (SSSR count). The summed E-state index contributed by atoms with van der Waals surface area (Å²) in [4.78, 5) is 49.1. The molecule has 212 valence electrons. The highest BCUT2D eigenvalue weighted by Crippen LogP contribution is 2.17. The minimum Gasteiger partial charge on any atom is -0.395 e. The van der Waals surface area contributed by atoms with Crippen LogP contribution in [0.1, 0.15) is 37.2 Å². The predicted molar refractivity (Wildman–Crippen MR) is 152 cm³/mol. The Bertz CT molecular complexity index is 1560. The third kappa shape index (κ3) is 6.35. The standard InChI is InChI=1S/C28H35N7O5/c1-3-13-34-27(37)25-26(33(28(34)38)14-11-21-7-9-23(10-8-21)35(39)40)30-24(19-22-6-5-12-29-20-22)32(25)16-15-31(4-2)17-18-36/h5-10,12,20,36H,3-4,11,13-19H2,1-2H3. The lowest BCUT2D eigenvalue weighted by Crippen LogP contribution is -2.41. The van der Waals surface area contributed by atoms with Crippen molar-refractivity contribution in [3.63, 3.8) is 0 Å². The Morgan fingerprint density at radius 3 is 2.38 bits per heavy atom. The second-order valence-electron chi connectivity index (χ2n) is 9.61. The highest BCUT2D eigenvalue weighted by atomic mass is 16.6. The number of benzene rings is 1. The van der Waals surface area contributed by atoms with Crippen LogP contribution in [0.25, 0.3) is 11.2 Å². The molecule has 0 amide bonds. The topological polar surface area (TPSA) is 141 Å². The lowest BCUT2D eigenvalue weighted by molar-refractivity contribution is -0.384. The Balaban J connectivity index is 1.83. The molecule has 3 aromatic heterocycles. The van der Waals surface area contributed by atoms with Gasteiger partial charge in [0.2, 0.25) is 0 Å². The highest BCUT2D eigenvalue weighted by molar-refractivity contribution is 5.71. The van der Waals surface area contributed by atoms with E-state index in [-0.39, 0.29) is 30.9 Å². The van der Waals surface area contributed by atoms with Crippen molar-refractivity contribution in [2.24, 2.45) is 0 Å². The smallest absolute Gasteiger partial charge is 0.332 e. The summed E-state index contributed by atoms with van der Waals surface area (Å²) in [5.74, 6) is 0.651. The minimum absolute atomic E-state index is 0.000843. The maximum absolute atomic E-state index is 13.8. The number of imidazole rings is 1. The van der Waals surface area contributed by atoms with Gasteiger partial charge in [-0.15, -0.1) is 0 Å². The maximum Gasteiger partial charge on any atom is 0.332 e. The van der Waals surface area contributed by atoms with E-state index in [0.717, 1.165) is 17.7 Å². The number of aromatic nitrogens is 5. The summed E-state index contributed by atoms with van der Waals surface area (Å²) in [6, 6.07) is 10.0. The van der Waals surface area contributed by atoms with Gasteiger partial charge in [-0.05, 0) is 36.6 Å². The zero-order chi connectivity index (χ0) is 28.6. The van der Waals surface area contributed by atoms with Gasteiger partial charge in [0, 0.05) is 63.7 Å². The Kier molecular flexibility index (Phi) is 9.56. The second-order valence-corrected chi connectivity index (χ2v) is 9.61. The van der Waals surface area contributed by atoms with Crippen LogP contribution in [-0.4, -0.2) is 64.8 Å². The number of nitrogens with zero attached hydrogens (tertiary/aromatic N) is 7. The van der Waals surface area contributed by atoms with Gasteiger partial charge >= 0.3 is 5.69 Å². The second kappa shape index (κ2) is 13.3. The molecule has 3 heterocycles. The van der Waals surface area contributed by atoms with Gasteiger partial charge in [0.15, 0.2) is 11.2 Å². The van der Waals surface area contributed by atoms with Crippen LogP contribution in [0.4, 0.5) is 5.69 Å². The number of nitro benzene ring substituents is 1. The molecule has 12 nitrogen and oxygen atoms in total. The maximum atomic E-state index is 13.8. The van der Waals surface area contributed by atoms with Gasteiger partial charge < -0.3 is 9.67 Å². The normalized spacial score (nSPS) is 11.5. The fourth-order valence-electron chi connectivity index (χ4n) is 4.86. The molecule has 0 unspecified atom stereocenters. The average Bonchev–Trinajstić information content (AvgIpc) is 3.31. The molecule has 0 aliphatic carbocycles. The molecule has 4 aromatic rings. The molecule has 0 saturated heterocycles. The molecular formula is C28H35N7O5. The third-order valence-corrected chi connectivity index (χ3v) is 7.00. The number of non-ortho nitro benzene ring substituents is 1. The van der Waals surface area contributed by atoms with E-state index in [4.69, 9.17) is 4.98 Å². The van der Waals surface area contributed by atoms with Crippen LogP contribution in [0.5, 0.6) is 0 Å². The molecule has 0 bridgehead atoms. The Labute approximate surface area is 231 Å². The van der Waals surface area contributed by atoms with Crippen molar-refractivity contribution in [1.29, 1.82) is 0 Å². The molecule has 0 saturated carbocycles. The average molecular weight is 550 g/mol. The van der Waals surface area contributed by atoms with Gasteiger partial charge in [-0.3, -0.25) is 33.9 Å². The van der Waals surface area contributed by atoms with Crippen LogP contribution < -0.4 is 11.2 Å². The first-order chi connectivity index (χ1) is 19.4. The van der Waals surface area contributed by atoms with Crippen molar-refractivity contribution < 1.29 is 10.0 Å². The van der Waals surface area contributed by atoms with Gasteiger partial charge in [0.1, 0.15) is 5.82 Å². The van der Waals surface area contributed by atoms with E-state index >= 15 is 0 Å². The fourth-order valence-corrected chi connectivity index (χ4v) is 4.86. The summed E-state index contributed by atoms with van der Waals surface area (Å²) < 4.78 is 4.72. The van der Waals surface area contributed by atoms with E-state index in [0.29, 0.717) is 55.9 Å². The first-order valence-electron chi connectivity index (χ1n) is 13.6. The van der Waals surface area contributed by atoms with Crippen LogP contribution in [0.15, 0.2) is 58.4 Å². The summed E-state index contributed by atoms with van der Waals surface area (Å²) in [5, 5.41) is 20.5. The van der Waals surface area contributed by atoms with Crippen molar-refractivity contribution in [3.05, 3.63) is 96.7 Å². The van der Waals surface area contributed by atoms with E-state index in [1.54, 1.807) is 29.1 Å². The van der Waals surface area contributed by atoms with Crippen molar-refractivity contribution in [2.45, 2.75) is 52.7 Å². The van der Waals surface area contributed by atoms with Crippen LogP contribution in [-0.2, 0) is 32.5 Å². The fraction of sp³-hybridized carbons (Fsp3) is 0.429. The summed E-state index contributed by atoms with van der Waals surface area (Å²) in [5.41, 5.74) is 1.66. The number of aliphatic hydroxyl groups is 1. The SMILES string of the molecule is CCCn1c(=O)c2c(nc(Cc3cccnc3)n2CCN(CC)CCO)n(CCc2ccc([N+](=O)[O-])cc2)c1=O. The number of aliphatic hydroxyl groups excluding tert-OH is 1. The van der Waals surface area contributed by atoms with E-state index in [1.165, 1.54) is 16.7 Å². The summed E-state index contributed by atoms with van der Waals surface area (Å²) in [7, 11) is 0. The monoisotopic (exact) mass is 549 g/mol. The van der Waals surface area contributed by atoms with Crippen LogP contribution in [0.3, 0.4) is 0 Å². The molecule has 0 aliphatic rings. The van der Waals surface area contributed by atoms with Crippen molar-refractivity contribution in [3.8, 4) is 0 Å². The van der Waals surface area contributed by atoms with E-state index < -0.39 is 10.6 Å². The highest BCUT2D eigenvalue weighted by Gasteiger charge is 2.22.